The van der Waals surface area contributed by atoms with Gasteiger partial charge in [-0.25, -0.2) is 0 Å². The summed E-state index contributed by atoms with van der Waals surface area (Å²) in [6.45, 7) is 6.22. The Morgan fingerprint density at radius 2 is 2.12 bits per heavy atom. The normalized spacial score (nSPS) is 23.2. The van der Waals surface area contributed by atoms with Gasteiger partial charge in [0, 0.05) is 11.5 Å². The average molecular weight is 235 g/mol. The highest BCUT2D eigenvalue weighted by molar-refractivity contribution is 5.75. The van der Waals surface area contributed by atoms with Crippen molar-refractivity contribution in [1.82, 2.24) is 10.2 Å². The SMILES string of the molecule is CC(C)(C)c1ccc(NC2CC2C(=O)O)nn1. The number of hydrogen-bond acceptors (Lipinski definition) is 4. The molecular weight excluding hydrogens is 218 g/mol. The minimum Gasteiger partial charge on any atom is -0.481 e. The molecule has 2 N–H and O–H groups in total. The predicted octanol–water partition coefficient (Wildman–Crippen LogP) is 1.66. The molecule has 0 aromatic carbocycles. The molecule has 17 heavy (non-hydrogen) atoms. The van der Waals surface area contributed by atoms with Crippen LogP contribution in [-0.2, 0) is 10.2 Å². The molecule has 0 radical (unpaired) electrons. The molecule has 1 aliphatic rings. The summed E-state index contributed by atoms with van der Waals surface area (Å²) in [4.78, 5) is 10.7. The molecule has 1 saturated carbocycles. The highest BCUT2D eigenvalue weighted by Gasteiger charge is 2.43. The van der Waals surface area contributed by atoms with E-state index in [-0.39, 0.29) is 17.4 Å². The van der Waals surface area contributed by atoms with Gasteiger partial charge in [-0.3, -0.25) is 4.79 Å². The molecule has 1 heterocycles. The van der Waals surface area contributed by atoms with Crippen LogP contribution in [-0.4, -0.2) is 27.3 Å². The monoisotopic (exact) mass is 235 g/mol. The van der Waals surface area contributed by atoms with E-state index in [1.165, 1.54) is 0 Å². The van der Waals surface area contributed by atoms with Gasteiger partial charge in [0.05, 0.1) is 11.6 Å². The van der Waals surface area contributed by atoms with Crippen LogP contribution >= 0.6 is 0 Å². The second-order valence-electron chi connectivity index (χ2n) is 5.49. The summed E-state index contributed by atoms with van der Waals surface area (Å²) in [5, 5.41) is 20.1. The second-order valence-corrected chi connectivity index (χ2v) is 5.49. The van der Waals surface area contributed by atoms with Crippen molar-refractivity contribution in [2.75, 3.05) is 5.32 Å². The van der Waals surface area contributed by atoms with Crippen LogP contribution in [0.15, 0.2) is 12.1 Å². The lowest BCUT2D eigenvalue weighted by Gasteiger charge is -2.16. The smallest absolute Gasteiger partial charge is 0.308 e. The van der Waals surface area contributed by atoms with Crippen molar-refractivity contribution in [2.45, 2.75) is 38.6 Å². The third kappa shape index (κ3) is 2.72. The van der Waals surface area contributed by atoms with Crippen molar-refractivity contribution >= 4 is 11.8 Å². The van der Waals surface area contributed by atoms with E-state index in [1.54, 1.807) is 0 Å². The Hall–Kier alpha value is -1.65. The van der Waals surface area contributed by atoms with E-state index < -0.39 is 5.97 Å². The van der Waals surface area contributed by atoms with Crippen molar-refractivity contribution in [3.8, 4) is 0 Å². The quantitative estimate of drug-likeness (QED) is 0.833. The number of carboxylic acid groups (broad SMARTS) is 1. The molecule has 92 valence electrons. The number of rotatable bonds is 3. The minimum absolute atomic E-state index is 0.00212. The predicted molar refractivity (Wildman–Crippen MR) is 63.9 cm³/mol. The van der Waals surface area contributed by atoms with Crippen molar-refractivity contribution in [3.05, 3.63) is 17.8 Å². The van der Waals surface area contributed by atoms with E-state index in [0.29, 0.717) is 12.2 Å². The van der Waals surface area contributed by atoms with Gasteiger partial charge in [-0.2, -0.15) is 5.10 Å². The summed E-state index contributed by atoms with van der Waals surface area (Å²) in [5.74, 6) is -0.382. The van der Waals surface area contributed by atoms with E-state index in [1.807, 2.05) is 12.1 Å². The average Bonchev–Trinajstić information content (AvgIpc) is 2.96. The third-order valence-corrected chi connectivity index (χ3v) is 2.87. The van der Waals surface area contributed by atoms with Gasteiger partial charge < -0.3 is 10.4 Å². The zero-order valence-corrected chi connectivity index (χ0v) is 10.3. The summed E-state index contributed by atoms with van der Waals surface area (Å²) in [5.41, 5.74) is 0.906. The number of anilines is 1. The molecule has 2 rings (SSSR count). The number of nitrogens with one attached hydrogen (secondary N) is 1. The minimum atomic E-state index is -0.748. The number of carbonyl (C=O) groups is 1. The van der Waals surface area contributed by atoms with Gasteiger partial charge in [0.15, 0.2) is 0 Å². The lowest BCUT2D eigenvalue weighted by atomic mass is 9.92. The van der Waals surface area contributed by atoms with Gasteiger partial charge in [0.1, 0.15) is 5.82 Å². The number of aromatic nitrogens is 2. The molecular formula is C12H17N3O2. The van der Waals surface area contributed by atoms with Gasteiger partial charge in [-0.1, -0.05) is 20.8 Å². The molecule has 1 aliphatic carbocycles. The summed E-state index contributed by atoms with van der Waals surface area (Å²) in [7, 11) is 0. The Balaban J connectivity index is 1.98. The van der Waals surface area contributed by atoms with Crippen molar-refractivity contribution < 1.29 is 9.90 Å². The first kappa shape index (κ1) is 11.8. The standard InChI is InChI=1S/C12H17N3O2/c1-12(2,3)9-4-5-10(15-14-9)13-8-6-7(8)11(16)17/h4-5,7-8H,6H2,1-3H3,(H,13,15)(H,16,17). The van der Waals surface area contributed by atoms with E-state index >= 15 is 0 Å². The van der Waals surface area contributed by atoms with Crippen LogP contribution in [0.4, 0.5) is 5.82 Å². The number of hydrogen-bond donors (Lipinski definition) is 2. The first-order valence-corrected chi connectivity index (χ1v) is 5.71. The molecule has 0 bridgehead atoms. The fourth-order valence-electron chi connectivity index (χ4n) is 1.63. The number of aliphatic carboxylic acids is 1. The molecule has 1 aromatic heterocycles. The highest BCUT2D eigenvalue weighted by atomic mass is 16.4. The molecule has 2 unspecified atom stereocenters. The summed E-state index contributed by atoms with van der Waals surface area (Å²) in [6, 6.07) is 3.78. The van der Waals surface area contributed by atoms with Gasteiger partial charge in [-0.15, -0.1) is 5.10 Å². The lowest BCUT2D eigenvalue weighted by Crippen LogP contribution is -2.16. The third-order valence-electron chi connectivity index (χ3n) is 2.87. The molecule has 2 atom stereocenters. The fourth-order valence-corrected chi connectivity index (χ4v) is 1.63. The van der Waals surface area contributed by atoms with Crippen LogP contribution in [0.1, 0.15) is 32.9 Å². The molecule has 1 aromatic rings. The largest absolute Gasteiger partial charge is 0.481 e. The zero-order chi connectivity index (χ0) is 12.6. The summed E-state index contributed by atoms with van der Waals surface area (Å²) >= 11 is 0. The molecule has 0 amide bonds. The number of carboxylic acids is 1. The van der Waals surface area contributed by atoms with Crippen molar-refractivity contribution in [1.29, 1.82) is 0 Å². The zero-order valence-electron chi connectivity index (χ0n) is 10.3. The summed E-state index contributed by atoms with van der Waals surface area (Å²) in [6.07, 6.45) is 0.665. The molecule has 5 nitrogen and oxygen atoms in total. The fraction of sp³-hybridized carbons (Fsp3) is 0.583. The Morgan fingerprint density at radius 1 is 1.41 bits per heavy atom. The molecule has 5 heteroatoms. The van der Waals surface area contributed by atoms with E-state index in [9.17, 15) is 4.79 Å². The Kier molecular flexibility index (Phi) is 2.77. The van der Waals surface area contributed by atoms with Crippen LogP contribution in [0, 0.1) is 5.92 Å². The highest BCUT2D eigenvalue weighted by Crippen LogP contribution is 2.33. The second kappa shape index (κ2) is 3.98. The molecule has 0 spiro atoms. The van der Waals surface area contributed by atoms with Crippen molar-refractivity contribution in [3.63, 3.8) is 0 Å². The van der Waals surface area contributed by atoms with Crippen LogP contribution in [0.25, 0.3) is 0 Å². The van der Waals surface area contributed by atoms with Gasteiger partial charge >= 0.3 is 5.97 Å². The van der Waals surface area contributed by atoms with Crippen LogP contribution in [0.3, 0.4) is 0 Å². The van der Waals surface area contributed by atoms with Gasteiger partial charge in [-0.05, 0) is 18.6 Å². The number of nitrogens with zero attached hydrogens (tertiary/aromatic N) is 2. The lowest BCUT2D eigenvalue weighted by molar-refractivity contribution is -0.138. The Labute approximate surface area is 100 Å². The van der Waals surface area contributed by atoms with Gasteiger partial charge in [0.25, 0.3) is 0 Å². The maximum atomic E-state index is 10.7. The Morgan fingerprint density at radius 3 is 2.53 bits per heavy atom. The maximum absolute atomic E-state index is 10.7. The van der Waals surface area contributed by atoms with Crippen LogP contribution < -0.4 is 5.32 Å². The Bertz CT molecular complexity index is 422. The van der Waals surface area contributed by atoms with E-state index in [4.69, 9.17) is 5.11 Å². The molecule has 0 saturated heterocycles. The van der Waals surface area contributed by atoms with E-state index in [2.05, 4.69) is 36.3 Å². The topological polar surface area (TPSA) is 75.1 Å². The van der Waals surface area contributed by atoms with Crippen molar-refractivity contribution in [2.24, 2.45) is 5.92 Å². The van der Waals surface area contributed by atoms with Gasteiger partial charge in [0.2, 0.25) is 0 Å². The molecule has 1 fully saturated rings. The summed E-state index contributed by atoms with van der Waals surface area (Å²) < 4.78 is 0. The first-order valence-electron chi connectivity index (χ1n) is 5.71. The van der Waals surface area contributed by atoms with E-state index in [0.717, 1.165) is 5.69 Å². The maximum Gasteiger partial charge on any atom is 0.308 e. The van der Waals surface area contributed by atoms with Crippen LogP contribution in [0.2, 0.25) is 0 Å². The molecule has 0 aliphatic heterocycles. The first-order chi connectivity index (χ1) is 7.88. The van der Waals surface area contributed by atoms with Crippen LogP contribution in [0.5, 0.6) is 0 Å².